The third-order valence-electron chi connectivity index (χ3n) is 4.90. The van der Waals surface area contributed by atoms with Gasteiger partial charge >= 0.3 is 6.03 Å². The van der Waals surface area contributed by atoms with Gasteiger partial charge in [0.25, 0.3) is 5.92 Å². The maximum atomic E-state index is 14.3. The van der Waals surface area contributed by atoms with Crippen LogP contribution in [0.25, 0.3) is 0 Å². The van der Waals surface area contributed by atoms with Gasteiger partial charge in [-0.25, -0.2) is 18.0 Å². The summed E-state index contributed by atoms with van der Waals surface area (Å²) >= 11 is 0. The van der Waals surface area contributed by atoms with Gasteiger partial charge in [-0.3, -0.25) is 4.90 Å². The number of hydrogen-bond donors (Lipinski definition) is 1. The number of aryl methyl sites for hydroxylation is 1. The molecule has 3 rings (SSSR count). The van der Waals surface area contributed by atoms with Gasteiger partial charge in [0.2, 0.25) is 0 Å². The molecular weight excluding hydrogens is 367 g/mol. The van der Waals surface area contributed by atoms with E-state index in [1.165, 1.54) is 23.3 Å². The molecule has 2 aromatic rings. The van der Waals surface area contributed by atoms with Crippen LogP contribution >= 0.6 is 0 Å². The standard InChI is InChI=1S/C21H24F3N3O/c1-15-6-8-16(9-7-15)14-26-10-12-27(13-11-26)20(28)25-18-5-3-4-17(19(18)22)21(2,23)24/h3-9H,10-14H2,1-2H3,(H,25,28). The molecule has 1 saturated heterocycles. The number of nitrogens with one attached hydrogen (secondary N) is 1. The van der Waals surface area contributed by atoms with Gasteiger partial charge in [0.05, 0.1) is 11.3 Å². The molecule has 28 heavy (non-hydrogen) atoms. The summed E-state index contributed by atoms with van der Waals surface area (Å²) in [6.07, 6.45) is 0. The monoisotopic (exact) mass is 391 g/mol. The van der Waals surface area contributed by atoms with E-state index in [4.69, 9.17) is 0 Å². The predicted molar refractivity (Wildman–Crippen MR) is 103 cm³/mol. The van der Waals surface area contributed by atoms with Gasteiger partial charge in [0.15, 0.2) is 5.82 Å². The molecule has 0 aromatic heterocycles. The van der Waals surface area contributed by atoms with E-state index >= 15 is 0 Å². The second-order valence-corrected chi connectivity index (χ2v) is 7.23. The van der Waals surface area contributed by atoms with E-state index in [0.29, 0.717) is 33.1 Å². The van der Waals surface area contributed by atoms with Crippen LogP contribution < -0.4 is 5.32 Å². The Morgan fingerprint density at radius 2 is 1.71 bits per heavy atom. The molecule has 150 valence electrons. The first kappa shape index (κ1) is 20.2. The Labute approximate surface area is 162 Å². The normalized spacial score (nSPS) is 15.5. The van der Waals surface area contributed by atoms with Crippen LogP contribution in [0, 0.1) is 12.7 Å². The van der Waals surface area contributed by atoms with Crippen molar-refractivity contribution in [3.05, 3.63) is 65.0 Å². The Kier molecular flexibility index (Phi) is 5.93. The third kappa shape index (κ3) is 4.84. The molecule has 1 fully saturated rings. The van der Waals surface area contributed by atoms with Crippen LogP contribution in [0.5, 0.6) is 0 Å². The predicted octanol–water partition coefficient (Wildman–Crippen LogP) is 4.60. The number of carbonyl (C=O) groups excluding carboxylic acids is 1. The van der Waals surface area contributed by atoms with Gasteiger partial charge in [0.1, 0.15) is 0 Å². The molecule has 0 spiro atoms. The van der Waals surface area contributed by atoms with Crippen LogP contribution in [0.15, 0.2) is 42.5 Å². The molecule has 1 aliphatic heterocycles. The van der Waals surface area contributed by atoms with Crippen molar-refractivity contribution in [3.8, 4) is 0 Å². The van der Waals surface area contributed by atoms with Gasteiger partial charge < -0.3 is 10.2 Å². The number of halogens is 3. The van der Waals surface area contributed by atoms with Gasteiger partial charge in [-0.15, -0.1) is 0 Å². The maximum Gasteiger partial charge on any atom is 0.322 e. The van der Waals surface area contributed by atoms with E-state index in [-0.39, 0.29) is 5.69 Å². The molecule has 1 N–H and O–H groups in total. The number of urea groups is 1. The maximum absolute atomic E-state index is 14.3. The highest BCUT2D eigenvalue weighted by Gasteiger charge is 2.30. The minimum absolute atomic E-state index is 0.230. The molecule has 4 nitrogen and oxygen atoms in total. The molecule has 1 aliphatic rings. The molecule has 0 radical (unpaired) electrons. The van der Waals surface area contributed by atoms with Crippen LogP contribution in [0.4, 0.5) is 23.7 Å². The summed E-state index contributed by atoms with van der Waals surface area (Å²) in [6, 6.07) is 11.5. The van der Waals surface area contributed by atoms with Gasteiger partial charge in [-0.05, 0) is 24.6 Å². The lowest BCUT2D eigenvalue weighted by Gasteiger charge is -2.34. The Bertz CT molecular complexity index is 826. The Balaban J connectivity index is 1.56. The first-order valence-electron chi connectivity index (χ1n) is 9.24. The number of amides is 2. The minimum Gasteiger partial charge on any atom is -0.322 e. The fraction of sp³-hybridized carbons (Fsp3) is 0.381. The van der Waals surface area contributed by atoms with Gasteiger partial charge in [0, 0.05) is 39.6 Å². The zero-order valence-corrected chi connectivity index (χ0v) is 16.0. The Morgan fingerprint density at radius 3 is 2.32 bits per heavy atom. The van der Waals surface area contributed by atoms with Crippen molar-refractivity contribution < 1.29 is 18.0 Å². The quantitative estimate of drug-likeness (QED) is 0.827. The van der Waals surface area contributed by atoms with E-state index in [1.807, 2.05) is 6.92 Å². The van der Waals surface area contributed by atoms with Crippen molar-refractivity contribution in [2.45, 2.75) is 26.3 Å². The molecular formula is C21H24F3N3O. The zero-order chi connectivity index (χ0) is 20.3. The Morgan fingerprint density at radius 1 is 1.07 bits per heavy atom. The Hall–Kier alpha value is -2.54. The largest absolute Gasteiger partial charge is 0.322 e. The molecule has 7 heteroatoms. The molecule has 0 unspecified atom stereocenters. The molecule has 0 bridgehead atoms. The van der Waals surface area contributed by atoms with Crippen LogP contribution in [-0.2, 0) is 12.5 Å². The highest BCUT2D eigenvalue weighted by molar-refractivity contribution is 5.89. The van der Waals surface area contributed by atoms with Crippen LogP contribution in [-0.4, -0.2) is 42.0 Å². The van der Waals surface area contributed by atoms with Gasteiger partial charge in [-0.2, -0.15) is 0 Å². The fourth-order valence-corrected chi connectivity index (χ4v) is 3.22. The SMILES string of the molecule is Cc1ccc(CN2CCN(C(=O)Nc3cccc(C(C)(F)F)c3F)CC2)cc1. The molecule has 0 saturated carbocycles. The summed E-state index contributed by atoms with van der Waals surface area (Å²) < 4.78 is 41.2. The average molecular weight is 391 g/mol. The third-order valence-corrected chi connectivity index (χ3v) is 4.90. The van der Waals surface area contributed by atoms with Crippen LogP contribution in [0.2, 0.25) is 0 Å². The molecule has 1 heterocycles. The second kappa shape index (κ2) is 8.22. The number of carbonyl (C=O) groups is 1. The van der Waals surface area contributed by atoms with Gasteiger partial charge in [-0.1, -0.05) is 35.9 Å². The highest BCUT2D eigenvalue weighted by atomic mass is 19.3. The number of hydrogen-bond acceptors (Lipinski definition) is 2. The molecule has 2 amide bonds. The first-order chi connectivity index (χ1) is 13.2. The lowest BCUT2D eigenvalue weighted by atomic mass is 10.1. The number of piperazine rings is 1. The number of alkyl halides is 2. The van der Waals surface area contributed by atoms with E-state index in [0.717, 1.165) is 12.6 Å². The average Bonchev–Trinajstić information content (AvgIpc) is 2.65. The van der Waals surface area contributed by atoms with Crippen LogP contribution in [0.3, 0.4) is 0 Å². The lowest BCUT2D eigenvalue weighted by Crippen LogP contribution is -2.49. The minimum atomic E-state index is -3.31. The summed E-state index contributed by atoms with van der Waals surface area (Å²) in [7, 11) is 0. The van der Waals surface area contributed by atoms with Crippen molar-refractivity contribution >= 4 is 11.7 Å². The van der Waals surface area contributed by atoms with E-state index in [2.05, 4.69) is 34.5 Å². The summed E-state index contributed by atoms with van der Waals surface area (Å²) in [5, 5.41) is 2.42. The van der Waals surface area contributed by atoms with Crippen molar-refractivity contribution in [3.63, 3.8) is 0 Å². The summed E-state index contributed by atoms with van der Waals surface area (Å²) in [6.45, 7) is 5.84. The summed E-state index contributed by atoms with van der Waals surface area (Å²) in [5.41, 5.74) is 1.46. The molecule has 0 aliphatic carbocycles. The fourth-order valence-electron chi connectivity index (χ4n) is 3.22. The van der Waals surface area contributed by atoms with E-state index in [9.17, 15) is 18.0 Å². The van der Waals surface area contributed by atoms with Crippen LogP contribution in [0.1, 0.15) is 23.6 Å². The van der Waals surface area contributed by atoms with E-state index in [1.54, 1.807) is 4.90 Å². The van der Waals surface area contributed by atoms with E-state index < -0.39 is 23.3 Å². The summed E-state index contributed by atoms with van der Waals surface area (Å²) in [5.74, 6) is -4.41. The second-order valence-electron chi connectivity index (χ2n) is 7.23. The lowest BCUT2D eigenvalue weighted by molar-refractivity contribution is 0.0139. The topological polar surface area (TPSA) is 35.6 Å². The molecule has 2 aromatic carbocycles. The van der Waals surface area contributed by atoms with Crippen molar-refractivity contribution in [2.75, 3.05) is 31.5 Å². The number of benzene rings is 2. The number of rotatable bonds is 4. The number of anilines is 1. The smallest absolute Gasteiger partial charge is 0.322 e. The van der Waals surface area contributed by atoms with Crippen molar-refractivity contribution in [1.29, 1.82) is 0 Å². The first-order valence-corrected chi connectivity index (χ1v) is 9.24. The summed E-state index contributed by atoms with van der Waals surface area (Å²) in [4.78, 5) is 16.2. The molecule has 0 atom stereocenters. The van der Waals surface area contributed by atoms with Crippen molar-refractivity contribution in [1.82, 2.24) is 9.80 Å². The van der Waals surface area contributed by atoms with Crippen molar-refractivity contribution in [2.24, 2.45) is 0 Å². The highest BCUT2D eigenvalue weighted by Crippen LogP contribution is 2.32. The number of nitrogens with zero attached hydrogens (tertiary/aromatic N) is 2. The zero-order valence-electron chi connectivity index (χ0n) is 16.0.